The molecule has 0 bridgehead atoms. The topological polar surface area (TPSA) is 53.0 Å². The Bertz CT molecular complexity index is 275. The van der Waals surface area contributed by atoms with Gasteiger partial charge in [-0.15, -0.1) is 23.5 Å². The van der Waals surface area contributed by atoms with E-state index in [1.165, 1.54) is 35.1 Å². The molecule has 0 aliphatic heterocycles. The number of nitrogens with zero attached hydrogens (tertiary/aromatic N) is 1. The lowest BCUT2D eigenvalue weighted by molar-refractivity contribution is -0.255. The predicted octanol–water partition coefficient (Wildman–Crippen LogP) is 0.950. The van der Waals surface area contributed by atoms with E-state index in [0.717, 1.165) is 0 Å². The highest BCUT2D eigenvalue weighted by Crippen LogP contribution is 2.31. The summed E-state index contributed by atoms with van der Waals surface area (Å²) in [4.78, 5) is 10.7. The Hall–Kier alpha value is -0.200. The van der Waals surface area contributed by atoms with Crippen LogP contribution in [0.15, 0.2) is 9.24 Å². The highest BCUT2D eigenvalue weighted by atomic mass is 32.2. The molecule has 1 heterocycles. The highest BCUT2D eigenvalue weighted by molar-refractivity contribution is 8.01. The molecule has 0 aliphatic carbocycles. The van der Waals surface area contributed by atoms with Gasteiger partial charge < -0.3 is 9.90 Å². The fourth-order valence-electron chi connectivity index (χ4n) is 0.711. The molecule has 0 saturated carbocycles. The van der Waals surface area contributed by atoms with Crippen molar-refractivity contribution in [2.45, 2.75) is 9.24 Å². The van der Waals surface area contributed by atoms with Crippen LogP contribution in [0.2, 0.25) is 0 Å². The van der Waals surface area contributed by atoms with Gasteiger partial charge in [-0.2, -0.15) is 4.37 Å². The van der Waals surface area contributed by atoms with Gasteiger partial charge in [-0.25, -0.2) is 0 Å². The summed E-state index contributed by atoms with van der Waals surface area (Å²) in [6, 6.07) is 0. The number of carboxylic acid groups (broad SMARTS) is 1. The summed E-state index contributed by atoms with van der Waals surface area (Å²) in [6.45, 7) is 0. The van der Waals surface area contributed by atoms with Gasteiger partial charge in [-0.05, 0) is 24.0 Å². The van der Waals surface area contributed by atoms with Gasteiger partial charge in [0, 0.05) is 0 Å². The van der Waals surface area contributed by atoms with Crippen LogP contribution in [0.1, 0.15) is 10.4 Å². The lowest BCUT2D eigenvalue weighted by atomic mass is 10.4. The van der Waals surface area contributed by atoms with Gasteiger partial charge in [-0.3, -0.25) is 0 Å². The first-order chi connectivity index (χ1) is 5.70. The van der Waals surface area contributed by atoms with Gasteiger partial charge in [0.2, 0.25) is 0 Å². The maximum Gasteiger partial charge on any atom is 0.120 e. The van der Waals surface area contributed by atoms with E-state index in [9.17, 15) is 9.90 Å². The van der Waals surface area contributed by atoms with Crippen molar-refractivity contribution < 1.29 is 9.90 Å². The van der Waals surface area contributed by atoms with Crippen molar-refractivity contribution in [1.82, 2.24) is 4.37 Å². The lowest BCUT2D eigenvalue weighted by Crippen LogP contribution is -2.22. The molecule has 0 N–H and O–H groups in total. The van der Waals surface area contributed by atoms with Crippen LogP contribution >= 0.6 is 35.1 Å². The van der Waals surface area contributed by atoms with E-state index in [4.69, 9.17) is 0 Å². The van der Waals surface area contributed by atoms with E-state index in [1.54, 1.807) is 6.26 Å². The third kappa shape index (κ3) is 1.75. The number of carboxylic acids is 1. The number of hydrogen-bond acceptors (Lipinski definition) is 6. The summed E-state index contributed by atoms with van der Waals surface area (Å²) in [5, 5.41) is 11.2. The second kappa shape index (κ2) is 4.15. The van der Waals surface area contributed by atoms with Gasteiger partial charge in [0.15, 0.2) is 0 Å². The normalized spacial score (nSPS) is 10.2. The van der Waals surface area contributed by atoms with Gasteiger partial charge >= 0.3 is 0 Å². The van der Waals surface area contributed by atoms with Crippen molar-refractivity contribution in [3.8, 4) is 0 Å². The van der Waals surface area contributed by atoms with Crippen molar-refractivity contribution in [3.63, 3.8) is 0 Å². The van der Waals surface area contributed by atoms with Crippen molar-refractivity contribution >= 4 is 41.0 Å². The van der Waals surface area contributed by atoms with Crippen molar-refractivity contribution in [2.75, 3.05) is 12.5 Å². The molecule has 0 aromatic carbocycles. The Labute approximate surface area is 82.7 Å². The van der Waals surface area contributed by atoms with Crippen molar-refractivity contribution in [2.24, 2.45) is 0 Å². The van der Waals surface area contributed by atoms with Crippen molar-refractivity contribution in [1.29, 1.82) is 0 Å². The number of thioether (sulfide) groups is 2. The Kier molecular flexibility index (Phi) is 3.42. The summed E-state index contributed by atoms with van der Waals surface area (Å²) >= 11 is 3.91. The Morgan fingerprint density at radius 2 is 2.17 bits per heavy atom. The molecule has 0 unspecified atom stereocenters. The fraction of sp³-hybridized carbons (Fsp3) is 0.333. The minimum absolute atomic E-state index is 0.236. The van der Waals surface area contributed by atoms with Gasteiger partial charge in [0.25, 0.3) is 0 Å². The molecule has 12 heavy (non-hydrogen) atoms. The third-order valence-electron chi connectivity index (χ3n) is 1.21. The minimum atomic E-state index is -1.14. The van der Waals surface area contributed by atoms with E-state index in [-0.39, 0.29) is 5.56 Å². The van der Waals surface area contributed by atoms with Crippen LogP contribution in [-0.4, -0.2) is 22.9 Å². The standard InChI is InChI=1S/C6H7NO2S3/c1-10-4-3(5(8)9)6(11-2)12-7-4/h1-2H3,(H,8,9)/p-1. The molecule has 0 aliphatic rings. The zero-order valence-electron chi connectivity index (χ0n) is 6.49. The molecule has 0 amide bonds. The minimum Gasteiger partial charge on any atom is -0.545 e. The van der Waals surface area contributed by atoms with Crippen LogP contribution in [0.4, 0.5) is 0 Å². The highest BCUT2D eigenvalue weighted by Gasteiger charge is 2.12. The number of aromatic carboxylic acids is 1. The fourth-order valence-corrected chi connectivity index (χ4v) is 2.96. The van der Waals surface area contributed by atoms with Crippen molar-refractivity contribution in [3.05, 3.63) is 5.56 Å². The number of hydrogen-bond donors (Lipinski definition) is 0. The molecular formula is C6H6NO2S3-. The first-order valence-corrected chi connectivity index (χ1v) is 6.22. The average Bonchev–Trinajstić information content (AvgIpc) is 2.46. The van der Waals surface area contributed by atoms with Crippen LogP contribution in [0.25, 0.3) is 0 Å². The molecular weight excluding hydrogens is 214 g/mol. The van der Waals surface area contributed by atoms with Gasteiger partial charge in [0.05, 0.1) is 15.7 Å². The van der Waals surface area contributed by atoms with E-state index in [1.807, 2.05) is 6.26 Å². The third-order valence-corrected chi connectivity index (χ3v) is 3.95. The monoisotopic (exact) mass is 220 g/mol. The molecule has 0 radical (unpaired) electrons. The van der Waals surface area contributed by atoms with E-state index in [0.29, 0.717) is 9.24 Å². The maximum atomic E-state index is 10.7. The first kappa shape index (κ1) is 9.88. The predicted molar refractivity (Wildman–Crippen MR) is 50.0 cm³/mol. The quantitative estimate of drug-likeness (QED) is 0.710. The number of carbonyl (C=O) groups is 1. The number of aromatic nitrogens is 1. The average molecular weight is 220 g/mol. The van der Waals surface area contributed by atoms with Crippen LogP contribution in [0, 0.1) is 0 Å². The van der Waals surface area contributed by atoms with E-state index < -0.39 is 5.97 Å². The second-order valence-corrected chi connectivity index (χ2v) is 4.49. The molecule has 0 fully saturated rings. The number of carbonyl (C=O) groups excluding carboxylic acids is 1. The first-order valence-electron chi connectivity index (χ1n) is 2.99. The summed E-state index contributed by atoms with van der Waals surface area (Å²) in [7, 11) is 0. The Morgan fingerprint density at radius 1 is 1.50 bits per heavy atom. The molecule has 1 aromatic rings. The van der Waals surface area contributed by atoms with Gasteiger partial charge in [0.1, 0.15) is 5.03 Å². The van der Waals surface area contributed by atoms with Crippen LogP contribution in [-0.2, 0) is 0 Å². The molecule has 0 atom stereocenters. The summed E-state index contributed by atoms with van der Waals surface area (Å²) in [6.07, 6.45) is 3.62. The van der Waals surface area contributed by atoms with E-state index >= 15 is 0 Å². The van der Waals surface area contributed by atoms with Crippen LogP contribution in [0.5, 0.6) is 0 Å². The summed E-state index contributed by atoms with van der Waals surface area (Å²) in [5.41, 5.74) is 0.236. The van der Waals surface area contributed by atoms with Crippen LogP contribution in [0.3, 0.4) is 0 Å². The molecule has 1 aromatic heterocycles. The summed E-state index contributed by atoms with van der Waals surface area (Å²) in [5.74, 6) is -1.14. The molecule has 6 heteroatoms. The zero-order valence-corrected chi connectivity index (χ0v) is 8.94. The molecule has 1 rings (SSSR count). The maximum absolute atomic E-state index is 10.7. The molecule has 3 nitrogen and oxygen atoms in total. The summed E-state index contributed by atoms with van der Waals surface area (Å²) < 4.78 is 4.70. The lowest BCUT2D eigenvalue weighted by Gasteiger charge is -2.02. The smallest absolute Gasteiger partial charge is 0.120 e. The molecule has 0 spiro atoms. The zero-order chi connectivity index (χ0) is 9.14. The Balaban J connectivity index is 3.16. The van der Waals surface area contributed by atoms with E-state index in [2.05, 4.69) is 4.37 Å². The number of rotatable bonds is 3. The molecule has 66 valence electrons. The molecule has 0 saturated heterocycles. The Morgan fingerprint density at radius 3 is 2.58 bits per heavy atom. The van der Waals surface area contributed by atoms with Gasteiger partial charge in [-0.1, -0.05) is 0 Å². The second-order valence-electron chi connectivity index (χ2n) is 1.85. The SMILES string of the molecule is CSc1nsc(SC)c1C(=O)[O-]. The largest absolute Gasteiger partial charge is 0.545 e. The van der Waals surface area contributed by atoms with Crippen LogP contribution < -0.4 is 5.11 Å².